The highest BCUT2D eigenvalue weighted by Crippen LogP contribution is 2.27. The molecule has 1 heterocycles. The summed E-state index contributed by atoms with van der Waals surface area (Å²) in [4.78, 5) is 11.3. The molecule has 0 fully saturated rings. The third-order valence-corrected chi connectivity index (χ3v) is 4.71. The SMILES string of the molecule is CC(C)C[C@H](NS(=O)(=O)c1ccccc1-c1ccno1)C(=O)O. The number of nitrogens with one attached hydrogen (secondary N) is 1. The van der Waals surface area contributed by atoms with E-state index >= 15 is 0 Å². The molecule has 0 bridgehead atoms. The monoisotopic (exact) mass is 338 g/mol. The van der Waals surface area contributed by atoms with E-state index in [9.17, 15) is 18.3 Å². The molecule has 2 aromatic rings. The van der Waals surface area contributed by atoms with Crippen LogP contribution < -0.4 is 4.72 Å². The van der Waals surface area contributed by atoms with Crippen LogP contribution >= 0.6 is 0 Å². The van der Waals surface area contributed by atoms with Crippen LogP contribution in [0.3, 0.4) is 0 Å². The highest BCUT2D eigenvalue weighted by Gasteiger charge is 2.28. The Morgan fingerprint density at radius 3 is 2.57 bits per heavy atom. The Hall–Kier alpha value is -2.19. The molecule has 2 N–H and O–H groups in total. The highest BCUT2D eigenvalue weighted by atomic mass is 32.2. The summed E-state index contributed by atoms with van der Waals surface area (Å²) in [7, 11) is -4.03. The molecule has 23 heavy (non-hydrogen) atoms. The van der Waals surface area contributed by atoms with Crippen molar-refractivity contribution < 1.29 is 22.8 Å². The standard InChI is InChI=1S/C15H18N2O5S/c1-10(2)9-12(15(18)19)17-23(20,21)14-6-4-3-5-11(14)13-7-8-16-22-13/h3-8,10,12,17H,9H2,1-2H3,(H,18,19)/t12-/m0/s1. The predicted octanol–water partition coefficient (Wildman–Crippen LogP) is 2.12. The number of carboxylic acid groups (broad SMARTS) is 1. The maximum absolute atomic E-state index is 12.6. The molecule has 0 spiro atoms. The van der Waals surface area contributed by atoms with Gasteiger partial charge in [0.2, 0.25) is 10.0 Å². The fourth-order valence-corrected chi connectivity index (χ4v) is 3.60. The van der Waals surface area contributed by atoms with E-state index in [2.05, 4.69) is 9.88 Å². The zero-order valence-corrected chi connectivity index (χ0v) is 13.6. The summed E-state index contributed by atoms with van der Waals surface area (Å²) in [6.07, 6.45) is 1.60. The van der Waals surface area contributed by atoms with Gasteiger partial charge in [-0.05, 0) is 24.5 Å². The minimum Gasteiger partial charge on any atom is -0.480 e. The Bertz CT molecular complexity index is 769. The van der Waals surface area contributed by atoms with Crippen LogP contribution in [0, 0.1) is 5.92 Å². The highest BCUT2D eigenvalue weighted by molar-refractivity contribution is 7.89. The van der Waals surface area contributed by atoms with E-state index in [1.807, 2.05) is 13.8 Å². The van der Waals surface area contributed by atoms with E-state index in [0.717, 1.165) is 0 Å². The van der Waals surface area contributed by atoms with Crippen molar-refractivity contribution in [1.29, 1.82) is 0 Å². The molecular formula is C15H18N2O5S. The van der Waals surface area contributed by atoms with Crippen molar-refractivity contribution in [3.05, 3.63) is 36.5 Å². The van der Waals surface area contributed by atoms with E-state index in [0.29, 0.717) is 11.3 Å². The molecule has 1 atom stereocenters. The number of nitrogens with zero attached hydrogens (tertiary/aromatic N) is 1. The van der Waals surface area contributed by atoms with Crippen LogP contribution in [0.1, 0.15) is 20.3 Å². The minimum absolute atomic E-state index is 0.0308. The average molecular weight is 338 g/mol. The summed E-state index contributed by atoms with van der Waals surface area (Å²) < 4.78 is 32.5. The Morgan fingerprint density at radius 2 is 2.00 bits per heavy atom. The number of sulfonamides is 1. The van der Waals surface area contributed by atoms with Crippen molar-refractivity contribution >= 4 is 16.0 Å². The smallest absolute Gasteiger partial charge is 0.321 e. The summed E-state index contributed by atoms with van der Waals surface area (Å²) in [6, 6.07) is 6.55. The molecule has 0 radical (unpaired) electrons. The summed E-state index contributed by atoms with van der Waals surface area (Å²) in [5.41, 5.74) is 0.325. The Kier molecular flexibility index (Phi) is 5.17. The molecular weight excluding hydrogens is 320 g/mol. The van der Waals surface area contributed by atoms with Gasteiger partial charge < -0.3 is 9.63 Å². The lowest BCUT2D eigenvalue weighted by Crippen LogP contribution is -2.41. The minimum atomic E-state index is -4.03. The van der Waals surface area contributed by atoms with Gasteiger partial charge in [0.15, 0.2) is 5.76 Å². The van der Waals surface area contributed by atoms with Crippen LogP contribution in [0.2, 0.25) is 0 Å². The van der Waals surface area contributed by atoms with E-state index in [4.69, 9.17) is 4.52 Å². The van der Waals surface area contributed by atoms with E-state index in [1.54, 1.807) is 18.2 Å². The summed E-state index contributed by atoms with van der Waals surface area (Å²) in [5.74, 6) is -0.885. The Balaban J connectivity index is 2.39. The summed E-state index contributed by atoms with van der Waals surface area (Å²) in [6.45, 7) is 3.65. The molecule has 0 saturated carbocycles. The number of hydrogen-bond acceptors (Lipinski definition) is 5. The molecule has 0 unspecified atom stereocenters. The van der Waals surface area contributed by atoms with Gasteiger partial charge in [-0.1, -0.05) is 31.1 Å². The molecule has 0 aliphatic rings. The van der Waals surface area contributed by atoms with Gasteiger partial charge in [-0.2, -0.15) is 4.72 Å². The summed E-state index contributed by atoms with van der Waals surface area (Å²) in [5, 5.41) is 12.8. The van der Waals surface area contributed by atoms with Gasteiger partial charge in [-0.25, -0.2) is 8.42 Å². The van der Waals surface area contributed by atoms with E-state index < -0.39 is 22.0 Å². The second-order valence-corrected chi connectivity index (χ2v) is 7.20. The lowest BCUT2D eigenvalue weighted by Gasteiger charge is -2.17. The third-order valence-electron chi connectivity index (χ3n) is 3.18. The first-order valence-electron chi connectivity index (χ1n) is 7.06. The maximum Gasteiger partial charge on any atom is 0.321 e. The van der Waals surface area contributed by atoms with Crippen LogP contribution in [-0.2, 0) is 14.8 Å². The number of benzene rings is 1. The van der Waals surface area contributed by atoms with Crippen molar-refractivity contribution in [2.24, 2.45) is 5.92 Å². The predicted molar refractivity (Wildman–Crippen MR) is 83.1 cm³/mol. The van der Waals surface area contributed by atoms with Crippen molar-refractivity contribution in [3.63, 3.8) is 0 Å². The number of hydrogen-bond donors (Lipinski definition) is 2. The number of aromatic nitrogens is 1. The van der Waals surface area contributed by atoms with Gasteiger partial charge in [0.1, 0.15) is 6.04 Å². The van der Waals surface area contributed by atoms with Crippen molar-refractivity contribution in [3.8, 4) is 11.3 Å². The number of carboxylic acids is 1. The lowest BCUT2D eigenvalue weighted by molar-refractivity contribution is -0.139. The molecule has 0 aliphatic carbocycles. The van der Waals surface area contributed by atoms with Crippen LogP contribution in [0.25, 0.3) is 11.3 Å². The largest absolute Gasteiger partial charge is 0.480 e. The van der Waals surface area contributed by atoms with Crippen molar-refractivity contribution in [2.45, 2.75) is 31.2 Å². The van der Waals surface area contributed by atoms with Gasteiger partial charge in [-0.3, -0.25) is 4.79 Å². The summed E-state index contributed by atoms with van der Waals surface area (Å²) >= 11 is 0. The average Bonchev–Trinajstić information content (AvgIpc) is 3.00. The topological polar surface area (TPSA) is 110 Å². The normalized spacial score (nSPS) is 13.2. The number of aliphatic carboxylic acids is 1. The molecule has 0 amide bonds. The first kappa shape index (κ1) is 17.2. The molecule has 8 heteroatoms. The maximum atomic E-state index is 12.6. The van der Waals surface area contributed by atoms with Gasteiger partial charge in [-0.15, -0.1) is 0 Å². The van der Waals surface area contributed by atoms with Crippen LogP contribution in [0.15, 0.2) is 45.9 Å². The number of rotatable bonds is 7. The molecule has 1 aromatic heterocycles. The van der Waals surface area contributed by atoms with Gasteiger partial charge in [0.05, 0.1) is 11.1 Å². The molecule has 1 aromatic carbocycles. The van der Waals surface area contributed by atoms with Gasteiger partial charge >= 0.3 is 5.97 Å². The fourth-order valence-electron chi connectivity index (χ4n) is 2.18. The van der Waals surface area contributed by atoms with Crippen LogP contribution in [0.4, 0.5) is 0 Å². The Morgan fingerprint density at radius 1 is 1.30 bits per heavy atom. The molecule has 2 rings (SSSR count). The third kappa shape index (κ3) is 4.17. The lowest BCUT2D eigenvalue weighted by atomic mass is 10.1. The quantitative estimate of drug-likeness (QED) is 0.800. The second-order valence-electron chi connectivity index (χ2n) is 5.51. The van der Waals surface area contributed by atoms with Crippen LogP contribution in [-0.4, -0.2) is 30.7 Å². The second kappa shape index (κ2) is 6.93. The first-order chi connectivity index (χ1) is 10.8. The van der Waals surface area contributed by atoms with Crippen molar-refractivity contribution in [2.75, 3.05) is 0 Å². The molecule has 124 valence electrons. The fraction of sp³-hybridized carbons (Fsp3) is 0.333. The van der Waals surface area contributed by atoms with E-state index in [1.165, 1.54) is 18.3 Å². The first-order valence-corrected chi connectivity index (χ1v) is 8.55. The van der Waals surface area contributed by atoms with Crippen molar-refractivity contribution in [1.82, 2.24) is 9.88 Å². The van der Waals surface area contributed by atoms with Gasteiger partial charge in [0, 0.05) is 11.6 Å². The number of carbonyl (C=O) groups is 1. The van der Waals surface area contributed by atoms with E-state index in [-0.39, 0.29) is 17.2 Å². The zero-order chi connectivity index (χ0) is 17.0. The zero-order valence-electron chi connectivity index (χ0n) is 12.8. The molecule has 7 nitrogen and oxygen atoms in total. The van der Waals surface area contributed by atoms with Crippen LogP contribution in [0.5, 0.6) is 0 Å². The Labute approximate surface area is 134 Å². The van der Waals surface area contributed by atoms with Gasteiger partial charge in [0.25, 0.3) is 0 Å². The molecule has 0 saturated heterocycles. The molecule has 0 aliphatic heterocycles.